The summed E-state index contributed by atoms with van der Waals surface area (Å²) in [6, 6.07) is 14.4. The first-order valence-corrected chi connectivity index (χ1v) is 7.96. The molecule has 0 unspecified atom stereocenters. The Hall–Kier alpha value is -3.02. The molecule has 0 aliphatic carbocycles. The number of hydrogen-bond acceptors (Lipinski definition) is 4. The van der Waals surface area contributed by atoms with Crippen molar-refractivity contribution in [1.29, 1.82) is 0 Å². The SMILES string of the molecule is CNC(=O)c1ccc(Nc2ccc(NC(=O)OC(C)(C)C)cc2)cc1. The summed E-state index contributed by atoms with van der Waals surface area (Å²) in [4.78, 5) is 23.3. The van der Waals surface area contributed by atoms with Crippen LogP contribution in [-0.2, 0) is 4.74 Å². The molecule has 0 bridgehead atoms. The summed E-state index contributed by atoms with van der Waals surface area (Å²) in [5.74, 6) is -0.121. The second-order valence-corrected chi connectivity index (χ2v) is 6.49. The number of benzene rings is 2. The predicted molar refractivity (Wildman–Crippen MR) is 99.4 cm³/mol. The molecule has 0 heterocycles. The highest BCUT2D eigenvalue weighted by Crippen LogP contribution is 2.20. The third kappa shape index (κ3) is 5.84. The Balaban J connectivity index is 1.96. The molecule has 0 aliphatic heterocycles. The molecule has 2 rings (SSSR count). The monoisotopic (exact) mass is 341 g/mol. The van der Waals surface area contributed by atoms with E-state index in [-0.39, 0.29) is 5.91 Å². The van der Waals surface area contributed by atoms with Crippen LogP contribution in [0.15, 0.2) is 48.5 Å². The van der Waals surface area contributed by atoms with Gasteiger partial charge in [0.05, 0.1) is 0 Å². The van der Waals surface area contributed by atoms with E-state index in [2.05, 4.69) is 16.0 Å². The summed E-state index contributed by atoms with van der Waals surface area (Å²) in [6.07, 6.45) is -0.488. The molecule has 132 valence electrons. The summed E-state index contributed by atoms with van der Waals surface area (Å²) in [7, 11) is 1.60. The Bertz CT molecular complexity index is 732. The van der Waals surface area contributed by atoms with Gasteiger partial charge in [0.15, 0.2) is 0 Å². The van der Waals surface area contributed by atoms with Crippen molar-refractivity contribution in [3.63, 3.8) is 0 Å². The Morgan fingerprint density at radius 3 is 1.80 bits per heavy atom. The van der Waals surface area contributed by atoms with Gasteiger partial charge in [0.1, 0.15) is 5.60 Å². The van der Waals surface area contributed by atoms with E-state index >= 15 is 0 Å². The van der Waals surface area contributed by atoms with E-state index < -0.39 is 11.7 Å². The molecule has 6 nitrogen and oxygen atoms in total. The van der Waals surface area contributed by atoms with Crippen LogP contribution in [0.2, 0.25) is 0 Å². The first-order chi connectivity index (χ1) is 11.8. The fourth-order valence-corrected chi connectivity index (χ4v) is 2.07. The van der Waals surface area contributed by atoms with Crippen LogP contribution in [0, 0.1) is 0 Å². The fraction of sp³-hybridized carbons (Fsp3) is 0.263. The highest BCUT2D eigenvalue weighted by molar-refractivity contribution is 5.94. The lowest BCUT2D eigenvalue weighted by molar-refractivity contribution is 0.0635. The molecule has 25 heavy (non-hydrogen) atoms. The van der Waals surface area contributed by atoms with E-state index in [0.29, 0.717) is 11.3 Å². The Morgan fingerprint density at radius 1 is 0.840 bits per heavy atom. The minimum atomic E-state index is -0.535. The molecular formula is C19H23N3O3. The van der Waals surface area contributed by atoms with Crippen molar-refractivity contribution in [2.75, 3.05) is 17.7 Å². The van der Waals surface area contributed by atoms with E-state index in [0.717, 1.165) is 11.4 Å². The van der Waals surface area contributed by atoms with E-state index in [1.165, 1.54) is 0 Å². The van der Waals surface area contributed by atoms with E-state index in [9.17, 15) is 9.59 Å². The minimum absolute atomic E-state index is 0.121. The lowest BCUT2D eigenvalue weighted by atomic mass is 10.2. The van der Waals surface area contributed by atoms with Crippen molar-refractivity contribution in [2.45, 2.75) is 26.4 Å². The van der Waals surface area contributed by atoms with Crippen molar-refractivity contribution >= 4 is 29.1 Å². The summed E-state index contributed by atoms with van der Waals surface area (Å²) in [5.41, 5.74) is 2.44. The van der Waals surface area contributed by atoms with Crippen LogP contribution < -0.4 is 16.0 Å². The maximum atomic E-state index is 11.7. The molecule has 2 amide bonds. The minimum Gasteiger partial charge on any atom is -0.444 e. The van der Waals surface area contributed by atoms with E-state index in [4.69, 9.17) is 4.74 Å². The molecule has 6 heteroatoms. The number of rotatable bonds is 4. The molecule has 0 radical (unpaired) electrons. The number of ether oxygens (including phenoxy) is 1. The summed E-state index contributed by atoms with van der Waals surface area (Å²) < 4.78 is 5.21. The summed E-state index contributed by atoms with van der Waals surface area (Å²) in [5, 5.41) is 8.50. The average Bonchev–Trinajstić information content (AvgIpc) is 2.55. The van der Waals surface area contributed by atoms with Crippen molar-refractivity contribution in [3.05, 3.63) is 54.1 Å². The van der Waals surface area contributed by atoms with Gasteiger partial charge in [-0.3, -0.25) is 10.1 Å². The van der Waals surface area contributed by atoms with Gasteiger partial charge < -0.3 is 15.4 Å². The number of hydrogen-bond donors (Lipinski definition) is 3. The van der Waals surface area contributed by atoms with Gasteiger partial charge in [-0.25, -0.2) is 4.79 Å². The molecule has 0 atom stereocenters. The number of nitrogens with one attached hydrogen (secondary N) is 3. The zero-order valence-electron chi connectivity index (χ0n) is 14.8. The van der Waals surface area contributed by atoms with Crippen molar-refractivity contribution in [2.24, 2.45) is 0 Å². The topological polar surface area (TPSA) is 79.5 Å². The molecule has 0 fully saturated rings. The van der Waals surface area contributed by atoms with Crippen LogP contribution in [0.1, 0.15) is 31.1 Å². The van der Waals surface area contributed by atoms with Crippen molar-refractivity contribution < 1.29 is 14.3 Å². The van der Waals surface area contributed by atoms with Crippen LogP contribution in [0.25, 0.3) is 0 Å². The molecule has 0 spiro atoms. The maximum Gasteiger partial charge on any atom is 0.412 e. The predicted octanol–water partition coefficient (Wildman–Crippen LogP) is 4.14. The zero-order valence-corrected chi connectivity index (χ0v) is 14.8. The molecular weight excluding hydrogens is 318 g/mol. The van der Waals surface area contributed by atoms with Gasteiger partial charge in [-0.15, -0.1) is 0 Å². The average molecular weight is 341 g/mol. The number of anilines is 3. The third-order valence-corrected chi connectivity index (χ3v) is 3.19. The third-order valence-electron chi connectivity index (χ3n) is 3.19. The number of amides is 2. The second kappa shape index (κ2) is 7.70. The highest BCUT2D eigenvalue weighted by Gasteiger charge is 2.16. The molecule has 0 aromatic heterocycles. The molecule has 0 aliphatic rings. The van der Waals surface area contributed by atoms with Crippen molar-refractivity contribution in [3.8, 4) is 0 Å². The van der Waals surface area contributed by atoms with Gasteiger partial charge >= 0.3 is 6.09 Å². The van der Waals surface area contributed by atoms with E-state index in [1.54, 1.807) is 31.3 Å². The van der Waals surface area contributed by atoms with Gasteiger partial charge in [0.2, 0.25) is 0 Å². The van der Waals surface area contributed by atoms with Gasteiger partial charge in [-0.05, 0) is 69.3 Å². The standard InChI is InChI=1S/C19H23N3O3/c1-19(2,3)25-18(24)22-16-11-9-15(10-12-16)21-14-7-5-13(6-8-14)17(23)20-4/h5-12,21H,1-4H3,(H,20,23)(H,22,24). The Kier molecular flexibility index (Phi) is 5.64. The van der Waals surface area contributed by atoms with Crippen LogP contribution in [-0.4, -0.2) is 24.6 Å². The Labute approximate surface area is 147 Å². The van der Waals surface area contributed by atoms with Crippen LogP contribution in [0.5, 0.6) is 0 Å². The molecule has 3 N–H and O–H groups in total. The number of carbonyl (C=O) groups is 2. The highest BCUT2D eigenvalue weighted by atomic mass is 16.6. The molecule has 0 saturated heterocycles. The van der Waals surface area contributed by atoms with Crippen LogP contribution >= 0.6 is 0 Å². The lowest BCUT2D eigenvalue weighted by Crippen LogP contribution is -2.27. The van der Waals surface area contributed by atoms with E-state index in [1.807, 2.05) is 45.0 Å². The molecule has 2 aromatic carbocycles. The quantitative estimate of drug-likeness (QED) is 0.781. The fourth-order valence-electron chi connectivity index (χ4n) is 2.07. The normalized spacial score (nSPS) is 10.7. The summed E-state index contributed by atoms with van der Waals surface area (Å²) in [6.45, 7) is 5.44. The van der Waals surface area contributed by atoms with Gasteiger partial charge in [0.25, 0.3) is 5.91 Å². The zero-order chi connectivity index (χ0) is 18.4. The van der Waals surface area contributed by atoms with Gasteiger partial charge in [-0.1, -0.05) is 0 Å². The van der Waals surface area contributed by atoms with Gasteiger partial charge in [-0.2, -0.15) is 0 Å². The Morgan fingerprint density at radius 2 is 1.32 bits per heavy atom. The number of carbonyl (C=O) groups excluding carboxylic acids is 2. The van der Waals surface area contributed by atoms with Crippen molar-refractivity contribution in [1.82, 2.24) is 5.32 Å². The molecule has 0 saturated carbocycles. The van der Waals surface area contributed by atoms with Crippen LogP contribution in [0.4, 0.5) is 21.9 Å². The largest absolute Gasteiger partial charge is 0.444 e. The molecule has 2 aromatic rings. The lowest BCUT2D eigenvalue weighted by Gasteiger charge is -2.19. The first kappa shape index (κ1) is 18.3. The van der Waals surface area contributed by atoms with Gasteiger partial charge in [0, 0.05) is 29.7 Å². The second-order valence-electron chi connectivity index (χ2n) is 6.49. The summed E-state index contributed by atoms with van der Waals surface area (Å²) >= 11 is 0. The first-order valence-electron chi connectivity index (χ1n) is 7.96. The maximum absolute atomic E-state index is 11.7. The van der Waals surface area contributed by atoms with Crippen LogP contribution in [0.3, 0.4) is 0 Å². The smallest absolute Gasteiger partial charge is 0.412 e.